The van der Waals surface area contributed by atoms with Gasteiger partial charge in [0.15, 0.2) is 0 Å². The van der Waals surface area contributed by atoms with Crippen LogP contribution >= 0.6 is 0 Å². The van der Waals surface area contributed by atoms with Gasteiger partial charge in [-0.2, -0.15) is 0 Å². The largest absolute Gasteiger partial charge is 0.481 e. The summed E-state index contributed by atoms with van der Waals surface area (Å²) in [5.41, 5.74) is 6.39. The summed E-state index contributed by atoms with van der Waals surface area (Å²) < 4.78 is 9.47. The number of rotatable bonds is 4. The molecule has 1 atom stereocenters. The van der Waals surface area contributed by atoms with Crippen molar-refractivity contribution in [1.29, 1.82) is 0 Å². The van der Waals surface area contributed by atoms with Crippen LogP contribution in [-0.2, 0) is 9.53 Å². The molecule has 0 aliphatic rings. The average Bonchev–Trinajstić information content (AvgIpc) is 2.28. The van der Waals surface area contributed by atoms with Crippen molar-refractivity contribution in [3.05, 3.63) is 23.9 Å². The molecule has 5 heteroatoms. The van der Waals surface area contributed by atoms with E-state index in [1.807, 2.05) is 0 Å². The molecule has 1 unspecified atom stereocenters. The van der Waals surface area contributed by atoms with Crippen molar-refractivity contribution < 1.29 is 14.3 Å². The quantitative estimate of drug-likeness (QED) is 0.738. The van der Waals surface area contributed by atoms with Crippen molar-refractivity contribution in [2.24, 2.45) is 5.73 Å². The number of hydrogen-bond donors (Lipinski definition) is 1. The van der Waals surface area contributed by atoms with E-state index in [1.54, 1.807) is 18.2 Å². The first-order chi connectivity index (χ1) is 7.17. The predicted octanol–water partition coefficient (Wildman–Crippen LogP) is 0.653. The lowest BCUT2D eigenvalue weighted by atomic mass is 10.1. The van der Waals surface area contributed by atoms with Crippen LogP contribution in [0.2, 0.25) is 0 Å². The van der Waals surface area contributed by atoms with Crippen molar-refractivity contribution in [2.75, 3.05) is 14.2 Å². The Morgan fingerprint density at radius 1 is 1.53 bits per heavy atom. The number of aromatic nitrogens is 1. The Bertz CT molecular complexity index is 341. The second-order valence-corrected chi connectivity index (χ2v) is 2.99. The Hall–Kier alpha value is -1.62. The van der Waals surface area contributed by atoms with Crippen molar-refractivity contribution in [3.63, 3.8) is 0 Å². The van der Waals surface area contributed by atoms with Crippen LogP contribution in [0.3, 0.4) is 0 Å². The van der Waals surface area contributed by atoms with Crippen LogP contribution in [0.5, 0.6) is 5.88 Å². The van der Waals surface area contributed by atoms with Gasteiger partial charge in [0.05, 0.1) is 32.4 Å². The Morgan fingerprint density at radius 2 is 2.27 bits per heavy atom. The maximum atomic E-state index is 11.0. The highest BCUT2D eigenvalue weighted by atomic mass is 16.5. The van der Waals surface area contributed by atoms with Crippen LogP contribution in [0.15, 0.2) is 18.2 Å². The summed E-state index contributed by atoms with van der Waals surface area (Å²) in [6.07, 6.45) is 0.108. The first-order valence-corrected chi connectivity index (χ1v) is 4.50. The molecule has 0 bridgehead atoms. The minimum absolute atomic E-state index is 0.108. The van der Waals surface area contributed by atoms with Gasteiger partial charge in [0.1, 0.15) is 0 Å². The molecule has 0 saturated carbocycles. The molecule has 0 aliphatic carbocycles. The van der Waals surface area contributed by atoms with Gasteiger partial charge in [0, 0.05) is 6.07 Å². The Morgan fingerprint density at radius 3 is 2.87 bits per heavy atom. The number of nitrogens with zero attached hydrogens (tertiary/aromatic N) is 1. The minimum Gasteiger partial charge on any atom is -0.481 e. The van der Waals surface area contributed by atoms with E-state index in [9.17, 15) is 4.79 Å². The topological polar surface area (TPSA) is 74.4 Å². The van der Waals surface area contributed by atoms with Gasteiger partial charge in [0.25, 0.3) is 0 Å². The number of pyridine rings is 1. The first-order valence-electron chi connectivity index (χ1n) is 4.50. The number of ether oxygens (including phenoxy) is 2. The lowest BCUT2D eigenvalue weighted by molar-refractivity contribution is -0.141. The number of carbonyl (C=O) groups excluding carboxylic acids is 1. The summed E-state index contributed by atoms with van der Waals surface area (Å²) in [7, 11) is 2.85. The number of carbonyl (C=O) groups is 1. The predicted molar refractivity (Wildman–Crippen MR) is 54.4 cm³/mol. The second-order valence-electron chi connectivity index (χ2n) is 2.99. The molecule has 0 amide bonds. The van der Waals surface area contributed by atoms with Gasteiger partial charge >= 0.3 is 5.97 Å². The summed E-state index contributed by atoms with van der Waals surface area (Å²) in [5.74, 6) is 0.125. The third-order valence-corrected chi connectivity index (χ3v) is 1.95. The maximum absolute atomic E-state index is 11.0. The molecular formula is C10H14N2O3. The van der Waals surface area contributed by atoms with Crippen molar-refractivity contribution in [1.82, 2.24) is 4.98 Å². The maximum Gasteiger partial charge on any atom is 0.307 e. The van der Waals surface area contributed by atoms with Gasteiger partial charge < -0.3 is 15.2 Å². The van der Waals surface area contributed by atoms with Gasteiger partial charge in [-0.25, -0.2) is 4.98 Å². The monoisotopic (exact) mass is 210 g/mol. The lowest BCUT2D eigenvalue weighted by Gasteiger charge is -2.10. The molecule has 82 valence electrons. The van der Waals surface area contributed by atoms with Crippen LogP contribution in [0.4, 0.5) is 0 Å². The molecule has 1 heterocycles. The fourth-order valence-corrected chi connectivity index (χ4v) is 1.12. The van der Waals surface area contributed by atoms with E-state index in [2.05, 4.69) is 9.72 Å². The molecule has 2 N–H and O–H groups in total. The standard InChI is InChI=1S/C10H14N2O3/c1-14-9-5-3-4-8(12-9)7(11)6-10(13)15-2/h3-5,7H,6,11H2,1-2H3. The molecule has 0 radical (unpaired) electrons. The van der Waals surface area contributed by atoms with Crippen molar-refractivity contribution in [2.45, 2.75) is 12.5 Å². The molecule has 0 fully saturated rings. The van der Waals surface area contributed by atoms with E-state index in [-0.39, 0.29) is 12.4 Å². The normalized spacial score (nSPS) is 11.9. The molecule has 0 spiro atoms. The highest BCUT2D eigenvalue weighted by molar-refractivity contribution is 5.70. The van der Waals surface area contributed by atoms with E-state index < -0.39 is 6.04 Å². The van der Waals surface area contributed by atoms with Crippen LogP contribution in [0, 0.1) is 0 Å². The highest BCUT2D eigenvalue weighted by Crippen LogP contribution is 2.15. The zero-order valence-corrected chi connectivity index (χ0v) is 8.77. The average molecular weight is 210 g/mol. The Balaban J connectivity index is 2.72. The third-order valence-electron chi connectivity index (χ3n) is 1.95. The van der Waals surface area contributed by atoms with Gasteiger partial charge in [-0.3, -0.25) is 4.79 Å². The molecule has 0 saturated heterocycles. The Labute approximate surface area is 88.2 Å². The summed E-state index contributed by atoms with van der Waals surface area (Å²) in [6, 6.07) is 4.77. The van der Waals surface area contributed by atoms with E-state index >= 15 is 0 Å². The summed E-state index contributed by atoms with van der Waals surface area (Å²) >= 11 is 0. The molecule has 0 aliphatic heterocycles. The number of methoxy groups -OCH3 is 2. The summed E-state index contributed by atoms with van der Waals surface area (Å²) in [4.78, 5) is 15.1. The SMILES string of the molecule is COC(=O)CC(N)c1cccc(OC)n1. The van der Waals surface area contributed by atoms with Gasteiger partial charge in [-0.1, -0.05) is 6.07 Å². The molecule has 5 nitrogen and oxygen atoms in total. The van der Waals surface area contributed by atoms with Crippen LogP contribution < -0.4 is 10.5 Å². The molecule has 1 aromatic rings. The van der Waals surface area contributed by atoms with E-state index in [0.717, 1.165) is 0 Å². The number of hydrogen-bond acceptors (Lipinski definition) is 5. The molecule has 0 aromatic carbocycles. The van der Waals surface area contributed by atoms with Crippen molar-refractivity contribution >= 4 is 5.97 Å². The van der Waals surface area contributed by atoms with Crippen LogP contribution in [-0.4, -0.2) is 25.2 Å². The zero-order chi connectivity index (χ0) is 11.3. The molecule has 1 rings (SSSR count). The Kier molecular flexibility index (Phi) is 4.05. The zero-order valence-electron chi connectivity index (χ0n) is 8.77. The van der Waals surface area contributed by atoms with Gasteiger partial charge in [-0.05, 0) is 6.07 Å². The fourth-order valence-electron chi connectivity index (χ4n) is 1.12. The minimum atomic E-state index is -0.465. The second kappa shape index (κ2) is 5.31. The van der Waals surface area contributed by atoms with Crippen LogP contribution in [0.25, 0.3) is 0 Å². The van der Waals surface area contributed by atoms with E-state index in [0.29, 0.717) is 11.6 Å². The van der Waals surface area contributed by atoms with E-state index in [1.165, 1.54) is 14.2 Å². The smallest absolute Gasteiger partial charge is 0.307 e. The molecule has 1 aromatic heterocycles. The molecule has 15 heavy (non-hydrogen) atoms. The fraction of sp³-hybridized carbons (Fsp3) is 0.400. The number of esters is 1. The summed E-state index contributed by atoms with van der Waals surface area (Å²) in [6.45, 7) is 0. The van der Waals surface area contributed by atoms with Gasteiger partial charge in [0.2, 0.25) is 5.88 Å². The third kappa shape index (κ3) is 3.21. The lowest BCUT2D eigenvalue weighted by Crippen LogP contribution is -2.17. The van der Waals surface area contributed by atoms with E-state index in [4.69, 9.17) is 10.5 Å². The van der Waals surface area contributed by atoms with Gasteiger partial charge in [-0.15, -0.1) is 0 Å². The molecular weight excluding hydrogens is 196 g/mol. The number of nitrogens with two attached hydrogens (primary N) is 1. The van der Waals surface area contributed by atoms with Crippen molar-refractivity contribution in [3.8, 4) is 5.88 Å². The highest BCUT2D eigenvalue weighted by Gasteiger charge is 2.13. The summed E-state index contributed by atoms with van der Waals surface area (Å²) in [5, 5.41) is 0. The first kappa shape index (κ1) is 11.5. The van der Waals surface area contributed by atoms with Crippen LogP contribution in [0.1, 0.15) is 18.2 Å².